The molecule has 4 aromatic carbocycles. The summed E-state index contributed by atoms with van der Waals surface area (Å²) in [5.74, 6) is 2.27. The molecular formula is C48H49N3O11. The van der Waals surface area contributed by atoms with E-state index in [0.29, 0.717) is 111 Å². The Hall–Kier alpha value is -6.29. The van der Waals surface area contributed by atoms with Crippen molar-refractivity contribution < 1.29 is 47.4 Å². The minimum absolute atomic E-state index is 0.0499. The Labute approximate surface area is 359 Å². The Balaban J connectivity index is 1.18. The smallest absolute Gasteiger partial charge is 0.182 e. The lowest BCUT2D eigenvalue weighted by atomic mass is 9.93. The number of benzene rings is 5. The monoisotopic (exact) mass is 843 g/mol. The van der Waals surface area contributed by atoms with E-state index in [2.05, 4.69) is 4.90 Å². The molecule has 4 heterocycles. The van der Waals surface area contributed by atoms with Gasteiger partial charge < -0.3 is 52.3 Å². The van der Waals surface area contributed by atoms with Crippen LogP contribution in [0.15, 0.2) is 122 Å². The molecule has 1 saturated heterocycles. The summed E-state index contributed by atoms with van der Waals surface area (Å²) < 4.78 is 54.9. The lowest BCUT2D eigenvalue weighted by Crippen LogP contribution is -2.33. The fraction of sp³-hybridized carbons (Fsp3) is 0.312. The molecule has 0 spiro atoms. The van der Waals surface area contributed by atoms with Gasteiger partial charge in [0.2, 0.25) is 0 Å². The molecule has 14 nitrogen and oxygen atoms in total. The summed E-state index contributed by atoms with van der Waals surface area (Å²) in [6.45, 7) is 4.60. The third-order valence-corrected chi connectivity index (χ3v) is 10.2. The molecule has 2 bridgehead atoms. The summed E-state index contributed by atoms with van der Waals surface area (Å²) in [7, 11) is 1.63. The minimum atomic E-state index is -0.184. The second-order valence-electron chi connectivity index (χ2n) is 14.5. The number of hydrogen-bond acceptors (Lipinski definition) is 14. The van der Waals surface area contributed by atoms with Crippen LogP contribution in [0.5, 0.6) is 23.0 Å². The second kappa shape index (κ2) is 21.0. The normalized spacial score (nSPS) is 16.2. The molecule has 1 fully saturated rings. The van der Waals surface area contributed by atoms with Crippen molar-refractivity contribution in [3.8, 4) is 45.4 Å². The molecule has 0 saturated carbocycles. The minimum Gasteiger partial charge on any atom is -0.508 e. The zero-order chi connectivity index (χ0) is 42.5. The van der Waals surface area contributed by atoms with E-state index in [9.17, 15) is 9.90 Å². The first-order chi connectivity index (χ1) is 30.5. The number of hydrogen-bond donors (Lipinski definition) is 1. The molecule has 1 aliphatic carbocycles. The van der Waals surface area contributed by atoms with Crippen LogP contribution in [0.25, 0.3) is 33.4 Å². The highest BCUT2D eigenvalue weighted by molar-refractivity contribution is 6.02. The SMILES string of the molecule is COCCOc1cc(-c2c3ccc(=O)cc-3oc3cc(O)ccc23)ccc1N1CCOc2ccccc2N=C2COCCOCC(=Nc3ccccc3OCC1)COCCOC2. The fourth-order valence-electron chi connectivity index (χ4n) is 7.23. The van der Waals surface area contributed by atoms with Gasteiger partial charge in [-0.05, 0) is 66.2 Å². The fourth-order valence-corrected chi connectivity index (χ4v) is 7.23. The molecule has 0 amide bonds. The highest BCUT2D eigenvalue weighted by Crippen LogP contribution is 2.43. The van der Waals surface area contributed by atoms with Gasteiger partial charge in [-0.2, -0.15) is 0 Å². The number of ether oxygens (including phenoxy) is 8. The lowest BCUT2D eigenvalue weighted by Gasteiger charge is -2.28. The van der Waals surface area contributed by atoms with E-state index < -0.39 is 0 Å². The van der Waals surface area contributed by atoms with Crippen LogP contribution in [-0.4, -0.2) is 116 Å². The second-order valence-corrected chi connectivity index (χ2v) is 14.5. The number of aromatic hydroxyl groups is 1. The Kier molecular flexibility index (Phi) is 14.4. The van der Waals surface area contributed by atoms with Gasteiger partial charge in [-0.25, -0.2) is 9.98 Å². The van der Waals surface area contributed by atoms with Crippen LogP contribution < -0.4 is 24.5 Å². The van der Waals surface area contributed by atoms with Crippen LogP contribution in [0.1, 0.15) is 0 Å². The number of phenols is 1. The highest BCUT2D eigenvalue weighted by atomic mass is 16.5. The third-order valence-electron chi connectivity index (χ3n) is 10.2. The van der Waals surface area contributed by atoms with E-state index in [1.54, 1.807) is 25.3 Å². The molecule has 322 valence electrons. The van der Waals surface area contributed by atoms with Crippen molar-refractivity contribution in [2.75, 3.05) is 104 Å². The molecule has 5 aliphatic rings. The van der Waals surface area contributed by atoms with Gasteiger partial charge >= 0.3 is 0 Å². The summed E-state index contributed by atoms with van der Waals surface area (Å²) in [6, 6.07) is 31.0. The van der Waals surface area contributed by atoms with Crippen molar-refractivity contribution in [3.63, 3.8) is 0 Å². The molecule has 0 aromatic heterocycles. The molecule has 62 heavy (non-hydrogen) atoms. The Morgan fingerprint density at radius 1 is 0.661 bits per heavy atom. The lowest BCUT2D eigenvalue weighted by molar-refractivity contribution is 0.0564. The van der Waals surface area contributed by atoms with Crippen LogP contribution in [0.2, 0.25) is 0 Å². The first-order valence-electron chi connectivity index (χ1n) is 20.6. The maximum atomic E-state index is 12.5. The maximum absolute atomic E-state index is 12.5. The average Bonchev–Trinajstić information content (AvgIpc) is 3.27. The number of fused-ring (bicyclic) bond motifs is 18. The number of phenolic OH excluding ortho intramolecular Hbond substituents is 1. The molecule has 0 atom stereocenters. The van der Waals surface area contributed by atoms with E-state index >= 15 is 0 Å². The van der Waals surface area contributed by atoms with Crippen LogP contribution in [0, 0.1) is 0 Å². The van der Waals surface area contributed by atoms with Gasteiger partial charge in [0.05, 0.1) is 89.7 Å². The summed E-state index contributed by atoms with van der Waals surface area (Å²) >= 11 is 0. The average molecular weight is 844 g/mol. The molecule has 9 rings (SSSR count). The largest absolute Gasteiger partial charge is 0.508 e. The zero-order valence-corrected chi connectivity index (χ0v) is 34.6. The Morgan fingerprint density at radius 2 is 1.27 bits per heavy atom. The van der Waals surface area contributed by atoms with Gasteiger partial charge in [-0.3, -0.25) is 4.79 Å². The highest BCUT2D eigenvalue weighted by Gasteiger charge is 2.22. The summed E-state index contributed by atoms with van der Waals surface area (Å²) in [4.78, 5) is 24.5. The third kappa shape index (κ3) is 10.8. The van der Waals surface area contributed by atoms with E-state index in [0.717, 1.165) is 27.8 Å². The van der Waals surface area contributed by atoms with Gasteiger partial charge in [-0.15, -0.1) is 0 Å². The van der Waals surface area contributed by atoms with E-state index in [1.165, 1.54) is 12.1 Å². The van der Waals surface area contributed by atoms with Gasteiger partial charge in [0, 0.05) is 35.8 Å². The van der Waals surface area contributed by atoms with Gasteiger partial charge in [0.25, 0.3) is 0 Å². The number of nitrogens with zero attached hydrogens (tertiary/aromatic N) is 3. The maximum Gasteiger partial charge on any atom is 0.182 e. The molecule has 14 heteroatoms. The zero-order valence-electron chi connectivity index (χ0n) is 34.6. The molecule has 4 aliphatic heterocycles. The van der Waals surface area contributed by atoms with Crippen molar-refractivity contribution in [2.45, 2.75) is 0 Å². The van der Waals surface area contributed by atoms with Crippen molar-refractivity contribution >= 4 is 39.5 Å². The standard InChI is InChI=1S/C48H49N3O11/c1-54-20-25-61-47-26-33(48-38-13-11-36(52)27-45(38)62-46-28-37(53)12-14-39(46)48)10-15-42(47)51-16-18-59-43-8-4-2-6-40(43)49-34-29-55-21-23-57-31-35(32-58-24-22-56-30-34)50-41-7-3-5-9-44(41)60-19-17-51/h2-15,26-28,52H,16-25,29-32H2,1H3. The topological polar surface area (TPSA) is 152 Å². The first kappa shape index (κ1) is 42.4. The quantitative estimate of drug-likeness (QED) is 0.100. The van der Waals surface area contributed by atoms with E-state index in [-0.39, 0.29) is 44.2 Å². The first-order valence-corrected chi connectivity index (χ1v) is 20.6. The number of anilines is 1. The molecule has 4 aromatic rings. The van der Waals surface area contributed by atoms with Crippen LogP contribution >= 0.6 is 0 Å². The van der Waals surface area contributed by atoms with Crippen molar-refractivity contribution in [1.82, 2.24) is 0 Å². The number of para-hydroxylation sites is 4. The molecule has 1 N–H and O–H groups in total. The predicted octanol–water partition coefficient (Wildman–Crippen LogP) is 7.50. The summed E-state index contributed by atoms with van der Waals surface area (Å²) in [6.07, 6.45) is 0. The van der Waals surface area contributed by atoms with Gasteiger partial charge in [-0.1, -0.05) is 30.3 Å². The van der Waals surface area contributed by atoms with Crippen molar-refractivity contribution in [3.05, 3.63) is 113 Å². The van der Waals surface area contributed by atoms with Crippen LogP contribution in [0.4, 0.5) is 17.1 Å². The number of methoxy groups -OCH3 is 1. The summed E-state index contributed by atoms with van der Waals surface area (Å²) in [5, 5.41) is 11.1. The van der Waals surface area contributed by atoms with E-state index in [4.69, 9.17) is 52.3 Å². The Bertz CT molecular complexity index is 2440. The van der Waals surface area contributed by atoms with Gasteiger partial charge in [0.1, 0.15) is 65.5 Å². The van der Waals surface area contributed by atoms with E-state index in [1.807, 2.05) is 72.8 Å². The number of aliphatic imine (C=N–C) groups is 2. The molecule has 0 unspecified atom stereocenters. The predicted molar refractivity (Wildman–Crippen MR) is 237 cm³/mol. The van der Waals surface area contributed by atoms with Crippen LogP contribution in [0.3, 0.4) is 0 Å². The number of rotatable bonds is 6. The summed E-state index contributed by atoms with van der Waals surface area (Å²) in [5.41, 5.74) is 6.16. The Morgan fingerprint density at radius 3 is 1.89 bits per heavy atom. The molecule has 0 radical (unpaired) electrons. The van der Waals surface area contributed by atoms with Gasteiger partial charge in [0.15, 0.2) is 5.43 Å². The van der Waals surface area contributed by atoms with Crippen molar-refractivity contribution in [2.24, 2.45) is 9.98 Å². The molecular weight excluding hydrogens is 795 g/mol. The van der Waals surface area contributed by atoms with Crippen LogP contribution in [-0.2, 0) is 23.7 Å². The van der Waals surface area contributed by atoms with Crippen molar-refractivity contribution in [1.29, 1.82) is 0 Å².